The van der Waals surface area contributed by atoms with Crippen LogP contribution in [0.15, 0.2) is 0 Å². The molecule has 0 unspecified atom stereocenters. The maximum absolute atomic E-state index is 5.65. The highest BCUT2D eigenvalue weighted by molar-refractivity contribution is 6.85. The van der Waals surface area contributed by atoms with Crippen LogP contribution in [0, 0.1) is 5.92 Å². The van der Waals surface area contributed by atoms with Crippen LogP contribution < -0.4 is 0 Å². The van der Waals surface area contributed by atoms with Gasteiger partial charge >= 0.3 is 0 Å². The Morgan fingerprint density at radius 2 is 1.89 bits per heavy atom. The van der Waals surface area contributed by atoms with Gasteiger partial charge < -0.3 is 4.43 Å². The summed E-state index contributed by atoms with van der Waals surface area (Å²) in [5, 5.41) is 0. The molecular weight excluding hydrogens is 144 g/mol. The Kier molecular flexibility index (Phi) is 3.69. The molecule has 0 aliphatic rings. The zero-order valence-corrected chi connectivity index (χ0v) is 10.5. The van der Waals surface area contributed by atoms with E-state index in [0.29, 0.717) is 0 Å². The fraction of sp³-hybridized carbons (Fsp3) is 0.833. The predicted octanol–water partition coefficient (Wildman–Crippen LogP) is -0.240. The summed E-state index contributed by atoms with van der Waals surface area (Å²) in [6, 6.07) is 0. The molecule has 1 radical (unpaired) electrons. The zero-order valence-electron chi connectivity index (χ0n) is 7.12. The lowest BCUT2D eigenvalue weighted by Crippen LogP contribution is -2.31. The van der Waals surface area contributed by atoms with E-state index in [1.165, 1.54) is 15.7 Å². The van der Waals surface area contributed by atoms with E-state index in [-0.39, 0.29) is 14.9 Å². The van der Waals surface area contributed by atoms with E-state index in [2.05, 4.69) is 27.7 Å². The maximum atomic E-state index is 5.65. The topological polar surface area (TPSA) is 9.23 Å². The Labute approximate surface area is 63.3 Å². The summed E-state index contributed by atoms with van der Waals surface area (Å²) >= 11 is 0. The van der Waals surface area contributed by atoms with Gasteiger partial charge in [0, 0.05) is 9.76 Å². The van der Waals surface area contributed by atoms with Crippen molar-refractivity contribution in [3.63, 3.8) is 0 Å². The maximum Gasteiger partial charge on any atom is 0.140 e. The minimum absolute atomic E-state index is 0.0635. The lowest BCUT2D eigenvalue weighted by atomic mass is 9.95. The number of hydrogen-bond donors (Lipinski definition) is 0. The van der Waals surface area contributed by atoms with E-state index in [4.69, 9.17) is 4.43 Å². The molecule has 0 aliphatic carbocycles. The van der Waals surface area contributed by atoms with Crippen LogP contribution in [-0.2, 0) is 4.43 Å². The molecule has 0 aromatic carbocycles. The van der Waals surface area contributed by atoms with Crippen LogP contribution in [0.4, 0.5) is 0 Å². The van der Waals surface area contributed by atoms with Crippen LogP contribution in [0.25, 0.3) is 0 Å². The lowest BCUT2D eigenvalue weighted by Gasteiger charge is -2.29. The van der Waals surface area contributed by atoms with Crippen molar-refractivity contribution in [1.82, 2.24) is 0 Å². The molecule has 0 saturated heterocycles. The van der Waals surface area contributed by atoms with Crippen molar-refractivity contribution in [1.29, 1.82) is 0 Å². The molecule has 0 aromatic rings. The highest BCUT2D eigenvalue weighted by atomic mass is 29.1. The zero-order chi connectivity index (χ0) is 7.49. The van der Waals surface area contributed by atoms with Gasteiger partial charge in [-0.3, -0.25) is 0 Å². The molecule has 0 heterocycles. The molecule has 0 aromatic heterocycles. The summed E-state index contributed by atoms with van der Waals surface area (Å²) in [4.78, 5) is 0. The minimum atomic E-state index is -0.115. The average molecular weight is 161 g/mol. The molecule has 0 N–H and O–H groups in total. The van der Waals surface area contributed by atoms with Crippen LogP contribution in [0.3, 0.4) is 0 Å². The van der Waals surface area contributed by atoms with Gasteiger partial charge in [0.1, 0.15) is 9.28 Å². The molecule has 0 bridgehead atoms. The first-order valence-corrected chi connectivity index (χ1v) is 9.68. The molecule has 0 rings (SSSR count). The van der Waals surface area contributed by atoms with Gasteiger partial charge in [-0.2, -0.15) is 0 Å². The summed E-state index contributed by atoms with van der Waals surface area (Å²) in [5.41, 5.74) is 0.0635. The normalized spacial score (nSPS) is 14.3. The molecule has 3 heteroatoms. The average Bonchev–Trinajstić information content (AvgIpc) is 1.65. The van der Waals surface area contributed by atoms with Gasteiger partial charge in [-0.05, 0) is 19.8 Å². The van der Waals surface area contributed by atoms with E-state index in [1.807, 2.05) is 0 Å². The molecule has 0 amide bonds. The second-order valence-electron chi connectivity index (χ2n) is 2.94. The van der Waals surface area contributed by atoms with Gasteiger partial charge in [0.2, 0.25) is 0 Å². The monoisotopic (exact) mass is 161 g/mol. The molecule has 0 saturated carbocycles. The van der Waals surface area contributed by atoms with E-state index in [9.17, 15) is 0 Å². The second-order valence-corrected chi connectivity index (χ2v) is 5.54. The Morgan fingerprint density at radius 1 is 1.44 bits per heavy atom. The summed E-state index contributed by atoms with van der Waals surface area (Å²) in [6.07, 6.45) is 0. The highest BCUT2D eigenvalue weighted by Crippen LogP contribution is 2.20. The van der Waals surface area contributed by atoms with E-state index in [1.54, 1.807) is 0 Å². The first kappa shape index (κ1) is 9.39. The standard InChI is InChI=1S/C6H17OSi2/c1-5(2)6(3,4)7-9-8/h9H2,1-4,8H3. The van der Waals surface area contributed by atoms with Crippen LogP contribution in [0.2, 0.25) is 0 Å². The molecule has 1 nitrogen and oxygen atoms in total. The third-order valence-electron chi connectivity index (χ3n) is 1.71. The molecule has 0 fully saturated rings. The Hall–Kier alpha value is 0.394. The van der Waals surface area contributed by atoms with Gasteiger partial charge in [0.05, 0.1) is 5.60 Å². The van der Waals surface area contributed by atoms with Crippen molar-refractivity contribution in [3.05, 3.63) is 5.92 Å². The predicted molar refractivity (Wildman–Crippen MR) is 48.2 cm³/mol. The van der Waals surface area contributed by atoms with Crippen molar-refractivity contribution in [3.8, 4) is 0 Å². The fourth-order valence-electron chi connectivity index (χ4n) is 0.505. The van der Waals surface area contributed by atoms with Crippen molar-refractivity contribution in [2.24, 2.45) is 0 Å². The molecule has 9 heavy (non-hydrogen) atoms. The summed E-state index contributed by atoms with van der Waals surface area (Å²) in [7, 11) is 1.15. The third kappa shape index (κ3) is 3.18. The summed E-state index contributed by atoms with van der Waals surface area (Å²) in [6.45, 7) is 8.55. The first-order chi connectivity index (χ1) is 4.00. The number of rotatable bonds is 3. The van der Waals surface area contributed by atoms with Gasteiger partial charge in [-0.15, -0.1) is 0 Å². The van der Waals surface area contributed by atoms with Gasteiger partial charge in [0.15, 0.2) is 0 Å². The molecular formula is C6H17OSi2. The minimum Gasteiger partial charge on any atom is -0.423 e. The molecule has 55 valence electrons. The van der Waals surface area contributed by atoms with E-state index < -0.39 is 0 Å². The quantitative estimate of drug-likeness (QED) is 0.519. The highest BCUT2D eigenvalue weighted by Gasteiger charge is 2.21. The SMILES string of the molecule is C[C](C)C(C)(C)O[SiH2][SiH3]. The van der Waals surface area contributed by atoms with Crippen molar-refractivity contribution < 1.29 is 4.43 Å². The smallest absolute Gasteiger partial charge is 0.140 e. The largest absolute Gasteiger partial charge is 0.423 e. The van der Waals surface area contributed by atoms with Crippen LogP contribution in [0.5, 0.6) is 0 Å². The van der Waals surface area contributed by atoms with E-state index >= 15 is 0 Å². The Bertz CT molecular complexity index is 81.1. The Balaban J connectivity index is 3.70. The van der Waals surface area contributed by atoms with Crippen LogP contribution >= 0.6 is 0 Å². The summed E-state index contributed by atoms with van der Waals surface area (Å²) in [5.74, 6) is 1.38. The van der Waals surface area contributed by atoms with Gasteiger partial charge in [-0.25, -0.2) is 0 Å². The van der Waals surface area contributed by atoms with Gasteiger partial charge in [0.25, 0.3) is 0 Å². The lowest BCUT2D eigenvalue weighted by molar-refractivity contribution is 0.137. The first-order valence-electron chi connectivity index (χ1n) is 3.45. The fourth-order valence-corrected chi connectivity index (χ4v) is 3.68. The second kappa shape index (κ2) is 3.53. The van der Waals surface area contributed by atoms with Crippen molar-refractivity contribution in [2.75, 3.05) is 0 Å². The van der Waals surface area contributed by atoms with Crippen molar-refractivity contribution >= 4 is 19.0 Å². The van der Waals surface area contributed by atoms with E-state index in [0.717, 1.165) is 0 Å². The Morgan fingerprint density at radius 3 is 2.00 bits per heavy atom. The molecule has 0 atom stereocenters. The van der Waals surface area contributed by atoms with Crippen LogP contribution in [-0.4, -0.2) is 24.6 Å². The van der Waals surface area contributed by atoms with Crippen molar-refractivity contribution in [2.45, 2.75) is 33.3 Å². The summed E-state index contributed by atoms with van der Waals surface area (Å²) < 4.78 is 5.65. The van der Waals surface area contributed by atoms with Crippen LogP contribution in [0.1, 0.15) is 27.7 Å². The van der Waals surface area contributed by atoms with Gasteiger partial charge in [-0.1, -0.05) is 13.8 Å². The number of hydrogen-bond acceptors (Lipinski definition) is 1. The third-order valence-corrected chi connectivity index (χ3v) is 3.59. The molecule has 0 spiro atoms. The molecule has 0 aliphatic heterocycles.